The van der Waals surface area contributed by atoms with E-state index in [0.717, 1.165) is 35.1 Å². The van der Waals surface area contributed by atoms with Crippen LogP contribution < -0.4 is 5.32 Å². The predicted molar refractivity (Wildman–Crippen MR) is 127 cm³/mol. The van der Waals surface area contributed by atoms with E-state index in [9.17, 15) is 19.5 Å². The monoisotopic (exact) mass is 460 g/mol. The Morgan fingerprint density at radius 2 is 1.74 bits per heavy atom. The largest absolute Gasteiger partial charge is 0.480 e. The molecular formula is C27H28N2O5. The van der Waals surface area contributed by atoms with Gasteiger partial charge in [-0.1, -0.05) is 67.8 Å². The first-order valence-corrected chi connectivity index (χ1v) is 11.6. The molecule has 7 heteroatoms. The summed E-state index contributed by atoms with van der Waals surface area (Å²) >= 11 is 0. The number of likely N-dealkylation sites (tertiary alicyclic amines) is 1. The van der Waals surface area contributed by atoms with Crippen LogP contribution in [0.2, 0.25) is 0 Å². The maximum Gasteiger partial charge on any atom is 0.407 e. The number of alkyl carbamates (subject to hydrolysis) is 1. The number of benzene rings is 2. The Morgan fingerprint density at radius 3 is 2.35 bits per heavy atom. The number of nitrogens with one attached hydrogen (secondary N) is 1. The molecule has 34 heavy (non-hydrogen) atoms. The van der Waals surface area contributed by atoms with Gasteiger partial charge in [-0.25, -0.2) is 9.59 Å². The van der Waals surface area contributed by atoms with E-state index < -0.39 is 24.0 Å². The average Bonchev–Trinajstić information content (AvgIpc) is 3.18. The lowest BCUT2D eigenvalue weighted by Gasteiger charge is -2.35. The standard InChI is InChI=1S/C27H28N2O5/c1-2-18-13-15-29(24(16-18)26(31)32)25(30)12-7-14-28-27(33)34-17-23-21-10-5-3-8-19(21)20-9-4-6-11-22(20)23/h3-6,8-11,18,23-24H,2,13-17H2,1H3,(H,28,33)(H,31,32). The van der Waals surface area contributed by atoms with Gasteiger partial charge in [-0.2, -0.15) is 0 Å². The molecule has 1 fully saturated rings. The van der Waals surface area contributed by atoms with Crippen LogP contribution in [0.5, 0.6) is 0 Å². The fourth-order valence-electron chi connectivity index (χ4n) is 4.84. The number of ether oxygens (including phenoxy) is 1. The molecule has 2 aromatic rings. The number of carbonyl (C=O) groups is 3. The van der Waals surface area contributed by atoms with Gasteiger partial charge in [0.1, 0.15) is 12.6 Å². The van der Waals surface area contributed by atoms with Crippen molar-refractivity contribution in [3.05, 3.63) is 59.7 Å². The van der Waals surface area contributed by atoms with Crippen molar-refractivity contribution < 1.29 is 24.2 Å². The van der Waals surface area contributed by atoms with Gasteiger partial charge >= 0.3 is 12.1 Å². The summed E-state index contributed by atoms with van der Waals surface area (Å²) in [5, 5.41) is 12.0. The molecule has 2 unspecified atom stereocenters. The van der Waals surface area contributed by atoms with Crippen LogP contribution in [0.3, 0.4) is 0 Å². The molecule has 2 atom stereocenters. The van der Waals surface area contributed by atoms with Crippen molar-refractivity contribution in [2.75, 3.05) is 19.7 Å². The van der Waals surface area contributed by atoms with Gasteiger partial charge in [0.2, 0.25) is 0 Å². The first-order valence-electron chi connectivity index (χ1n) is 11.6. The molecule has 2 aromatic carbocycles. The number of nitrogens with zero attached hydrogens (tertiary/aromatic N) is 1. The van der Waals surface area contributed by atoms with E-state index in [0.29, 0.717) is 18.9 Å². The summed E-state index contributed by atoms with van der Waals surface area (Å²) in [6, 6.07) is 15.3. The normalized spacial score (nSPS) is 18.8. The van der Waals surface area contributed by atoms with E-state index in [2.05, 4.69) is 29.3 Å². The molecule has 176 valence electrons. The molecule has 7 nitrogen and oxygen atoms in total. The number of aliphatic carboxylic acids is 1. The van der Waals surface area contributed by atoms with Crippen LogP contribution in [-0.4, -0.2) is 53.7 Å². The minimum atomic E-state index is -1.01. The number of rotatable bonds is 5. The van der Waals surface area contributed by atoms with E-state index in [1.54, 1.807) is 0 Å². The van der Waals surface area contributed by atoms with Crippen molar-refractivity contribution in [2.45, 2.75) is 38.1 Å². The molecule has 1 aliphatic heterocycles. The Morgan fingerprint density at radius 1 is 1.09 bits per heavy atom. The lowest BCUT2D eigenvalue weighted by molar-refractivity contribution is -0.150. The Bertz CT molecular complexity index is 1100. The number of carboxylic acid groups (broad SMARTS) is 1. The van der Waals surface area contributed by atoms with Gasteiger partial charge in [-0.15, -0.1) is 0 Å². The zero-order chi connectivity index (χ0) is 24.1. The molecule has 2 amide bonds. The van der Waals surface area contributed by atoms with Crippen molar-refractivity contribution >= 4 is 18.0 Å². The summed E-state index contributed by atoms with van der Waals surface area (Å²) in [4.78, 5) is 37.5. The molecule has 1 aliphatic carbocycles. The quantitative estimate of drug-likeness (QED) is 0.665. The summed E-state index contributed by atoms with van der Waals surface area (Å²) < 4.78 is 5.44. The zero-order valence-electron chi connectivity index (χ0n) is 19.1. The summed E-state index contributed by atoms with van der Waals surface area (Å²) in [7, 11) is 0. The van der Waals surface area contributed by atoms with E-state index in [4.69, 9.17) is 4.74 Å². The minimum Gasteiger partial charge on any atom is -0.480 e. The van der Waals surface area contributed by atoms with Crippen molar-refractivity contribution in [3.8, 4) is 23.0 Å². The Labute approximate surface area is 199 Å². The molecule has 0 bridgehead atoms. The Kier molecular flexibility index (Phi) is 7.17. The van der Waals surface area contributed by atoms with Gasteiger partial charge in [0.15, 0.2) is 0 Å². The lowest BCUT2D eigenvalue weighted by atomic mass is 9.89. The van der Waals surface area contributed by atoms with E-state index in [1.165, 1.54) is 4.90 Å². The summed E-state index contributed by atoms with van der Waals surface area (Å²) in [5.74, 6) is 3.79. The van der Waals surface area contributed by atoms with Gasteiger partial charge < -0.3 is 20.1 Å². The third-order valence-electron chi connectivity index (χ3n) is 6.69. The summed E-state index contributed by atoms with van der Waals surface area (Å²) in [5.41, 5.74) is 4.56. The lowest BCUT2D eigenvalue weighted by Crippen LogP contribution is -2.49. The van der Waals surface area contributed by atoms with Crippen LogP contribution in [0.15, 0.2) is 48.5 Å². The fraction of sp³-hybridized carbons (Fsp3) is 0.370. The highest BCUT2D eigenvalue weighted by Crippen LogP contribution is 2.44. The first kappa shape index (κ1) is 23.4. The number of hydrogen-bond acceptors (Lipinski definition) is 4. The third kappa shape index (κ3) is 4.91. The van der Waals surface area contributed by atoms with Crippen LogP contribution in [0.25, 0.3) is 11.1 Å². The van der Waals surface area contributed by atoms with Crippen molar-refractivity contribution in [2.24, 2.45) is 5.92 Å². The zero-order valence-corrected chi connectivity index (χ0v) is 19.1. The molecule has 0 aromatic heterocycles. The summed E-state index contributed by atoms with van der Waals surface area (Å²) in [6.07, 6.45) is 1.49. The SMILES string of the molecule is CCC1CCN(C(=O)C#CCNC(=O)OCC2c3ccccc3-c3ccccc32)C(C(=O)O)C1. The third-order valence-corrected chi connectivity index (χ3v) is 6.69. The van der Waals surface area contributed by atoms with Crippen LogP contribution in [0, 0.1) is 17.8 Å². The van der Waals surface area contributed by atoms with Gasteiger partial charge in [0.05, 0.1) is 6.54 Å². The molecule has 0 saturated carbocycles. The highest BCUT2D eigenvalue weighted by Gasteiger charge is 2.35. The second kappa shape index (κ2) is 10.4. The number of hydrogen-bond donors (Lipinski definition) is 2. The van der Waals surface area contributed by atoms with Crippen molar-refractivity contribution in [3.63, 3.8) is 0 Å². The van der Waals surface area contributed by atoms with Crippen LogP contribution in [-0.2, 0) is 14.3 Å². The van der Waals surface area contributed by atoms with Gasteiger partial charge in [-0.05, 0) is 46.9 Å². The molecule has 1 heterocycles. The summed E-state index contributed by atoms with van der Waals surface area (Å²) in [6.45, 7) is 2.53. The molecule has 2 aliphatic rings. The second-order valence-corrected chi connectivity index (χ2v) is 8.63. The number of carbonyl (C=O) groups excluding carboxylic acids is 2. The number of piperidine rings is 1. The average molecular weight is 461 g/mol. The highest BCUT2D eigenvalue weighted by molar-refractivity contribution is 5.96. The number of fused-ring (bicyclic) bond motifs is 3. The van der Waals surface area contributed by atoms with E-state index in [-0.39, 0.29) is 19.1 Å². The maximum atomic E-state index is 12.4. The molecule has 2 N–H and O–H groups in total. The smallest absolute Gasteiger partial charge is 0.407 e. The molecule has 0 radical (unpaired) electrons. The Hall–Kier alpha value is -3.79. The minimum absolute atomic E-state index is 0.0372. The maximum absolute atomic E-state index is 12.4. The van der Waals surface area contributed by atoms with E-state index in [1.807, 2.05) is 43.3 Å². The van der Waals surface area contributed by atoms with Gasteiger partial charge in [-0.3, -0.25) is 4.79 Å². The van der Waals surface area contributed by atoms with Crippen molar-refractivity contribution in [1.29, 1.82) is 0 Å². The molecule has 4 rings (SSSR count). The van der Waals surface area contributed by atoms with E-state index >= 15 is 0 Å². The highest BCUT2D eigenvalue weighted by atomic mass is 16.5. The first-order chi connectivity index (χ1) is 16.5. The van der Waals surface area contributed by atoms with Crippen LogP contribution in [0.1, 0.15) is 43.2 Å². The van der Waals surface area contributed by atoms with Gasteiger partial charge in [0, 0.05) is 12.5 Å². The van der Waals surface area contributed by atoms with Crippen molar-refractivity contribution in [1.82, 2.24) is 10.2 Å². The Balaban J connectivity index is 1.29. The molecule has 0 spiro atoms. The topological polar surface area (TPSA) is 95.9 Å². The van der Waals surface area contributed by atoms with Crippen LogP contribution in [0.4, 0.5) is 4.79 Å². The molecule has 1 saturated heterocycles. The van der Waals surface area contributed by atoms with Gasteiger partial charge in [0.25, 0.3) is 5.91 Å². The second-order valence-electron chi connectivity index (χ2n) is 8.63. The molecular weight excluding hydrogens is 432 g/mol. The number of amides is 2. The fourth-order valence-corrected chi connectivity index (χ4v) is 4.84. The predicted octanol–water partition coefficient (Wildman–Crippen LogP) is 3.63. The van der Waals surface area contributed by atoms with Crippen LogP contribution >= 0.6 is 0 Å². The number of carboxylic acids is 1.